The molecule has 2 N–H and O–H groups in total. The summed E-state index contributed by atoms with van der Waals surface area (Å²) in [7, 11) is 0. The molecule has 2 aromatic rings. The molecule has 2 aromatic heterocycles. The van der Waals surface area contributed by atoms with Gasteiger partial charge in [0.25, 0.3) is 0 Å². The van der Waals surface area contributed by atoms with Gasteiger partial charge in [-0.25, -0.2) is 9.78 Å². The van der Waals surface area contributed by atoms with E-state index in [4.69, 9.17) is 4.52 Å². The van der Waals surface area contributed by atoms with Crippen molar-refractivity contribution in [2.45, 2.75) is 46.6 Å². The molecule has 0 fully saturated rings. The zero-order valence-electron chi connectivity index (χ0n) is 12.7. The summed E-state index contributed by atoms with van der Waals surface area (Å²) in [5, 5.41) is 12.1. The molecule has 0 aliphatic carbocycles. The maximum Gasteiger partial charge on any atom is 0.321 e. The van der Waals surface area contributed by atoms with Crippen LogP contribution < -0.4 is 10.6 Å². The van der Waals surface area contributed by atoms with Crippen molar-refractivity contribution in [1.82, 2.24) is 15.5 Å². The first-order valence-corrected chi connectivity index (χ1v) is 7.81. The number of aromatic nitrogens is 2. The molecule has 0 aromatic carbocycles. The third-order valence-corrected chi connectivity index (χ3v) is 4.01. The lowest BCUT2D eigenvalue weighted by Gasteiger charge is -2.13. The molecule has 1 unspecified atom stereocenters. The van der Waals surface area contributed by atoms with Crippen LogP contribution in [0.5, 0.6) is 0 Å². The van der Waals surface area contributed by atoms with Crippen LogP contribution in [0.4, 0.5) is 9.93 Å². The molecule has 0 aliphatic heterocycles. The van der Waals surface area contributed by atoms with E-state index in [1.54, 1.807) is 0 Å². The lowest BCUT2D eigenvalue weighted by atomic mass is 10.1. The minimum Gasteiger partial charge on any atom is -0.361 e. The van der Waals surface area contributed by atoms with E-state index in [1.165, 1.54) is 11.3 Å². The summed E-state index contributed by atoms with van der Waals surface area (Å²) < 4.78 is 5.13. The number of carbonyl (C=O) groups excluding carboxylic acids is 1. The van der Waals surface area contributed by atoms with Crippen LogP contribution in [0.25, 0.3) is 0 Å². The summed E-state index contributed by atoms with van der Waals surface area (Å²) in [4.78, 5) is 16.2. The largest absolute Gasteiger partial charge is 0.361 e. The zero-order valence-corrected chi connectivity index (χ0v) is 13.5. The molecular formula is C14H20N4O2S. The number of aryl methyl sites for hydroxylation is 3. The number of urea groups is 1. The Morgan fingerprint density at radius 1 is 1.48 bits per heavy atom. The summed E-state index contributed by atoms with van der Waals surface area (Å²) in [6.45, 7) is 7.76. The predicted molar refractivity (Wildman–Crippen MR) is 82.8 cm³/mol. The maximum atomic E-state index is 11.9. The molecule has 2 rings (SSSR count). The Morgan fingerprint density at radius 2 is 2.24 bits per heavy atom. The molecule has 0 saturated heterocycles. The quantitative estimate of drug-likeness (QED) is 0.889. The molecule has 7 heteroatoms. The number of amides is 2. The lowest BCUT2D eigenvalue weighted by molar-refractivity contribution is 0.249. The fourth-order valence-electron chi connectivity index (χ4n) is 2.03. The van der Waals surface area contributed by atoms with E-state index in [0.29, 0.717) is 11.6 Å². The van der Waals surface area contributed by atoms with Crippen LogP contribution in [-0.4, -0.2) is 22.2 Å². The minimum absolute atomic E-state index is 0.0209. The Bertz CT molecular complexity index is 601. The molecular weight excluding hydrogens is 288 g/mol. The summed E-state index contributed by atoms with van der Waals surface area (Å²) >= 11 is 1.43. The van der Waals surface area contributed by atoms with Crippen molar-refractivity contribution in [3.05, 3.63) is 28.1 Å². The molecule has 114 valence electrons. The highest BCUT2D eigenvalue weighted by Gasteiger charge is 2.15. The molecule has 0 saturated carbocycles. The van der Waals surface area contributed by atoms with Crippen molar-refractivity contribution >= 4 is 22.5 Å². The molecule has 0 aliphatic rings. The third kappa shape index (κ3) is 4.04. The normalized spacial score (nSPS) is 12.2. The van der Waals surface area contributed by atoms with Crippen LogP contribution in [-0.2, 0) is 12.8 Å². The highest BCUT2D eigenvalue weighted by atomic mass is 32.1. The van der Waals surface area contributed by atoms with Crippen LogP contribution >= 0.6 is 11.3 Å². The van der Waals surface area contributed by atoms with Gasteiger partial charge in [0, 0.05) is 17.0 Å². The average Bonchev–Trinajstić information content (AvgIpc) is 3.00. The van der Waals surface area contributed by atoms with Gasteiger partial charge in [-0.15, -0.1) is 11.3 Å². The van der Waals surface area contributed by atoms with Gasteiger partial charge in [-0.1, -0.05) is 12.1 Å². The summed E-state index contributed by atoms with van der Waals surface area (Å²) in [6, 6.07) is -0.265. The molecule has 6 nitrogen and oxygen atoms in total. The number of thiazole rings is 1. The van der Waals surface area contributed by atoms with Crippen LogP contribution in [0.3, 0.4) is 0 Å². The van der Waals surface area contributed by atoms with E-state index >= 15 is 0 Å². The topological polar surface area (TPSA) is 80.0 Å². The number of rotatable bonds is 5. The van der Waals surface area contributed by atoms with Crippen LogP contribution in [0.15, 0.2) is 9.90 Å². The highest BCUT2D eigenvalue weighted by Crippen LogP contribution is 2.16. The number of hydrogen-bond donors (Lipinski definition) is 2. The van der Waals surface area contributed by atoms with Gasteiger partial charge in [0.2, 0.25) is 0 Å². The second-order valence-corrected chi connectivity index (χ2v) is 5.86. The van der Waals surface area contributed by atoms with Gasteiger partial charge >= 0.3 is 6.03 Å². The first-order chi connectivity index (χ1) is 9.99. The van der Waals surface area contributed by atoms with Crippen molar-refractivity contribution in [2.75, 3.05) is 5.32 Å². The second kappa shape index (κ2) is 6.71. The van der Waals surface area contributed by atoms with E-state index in [0.717, 1.165) is 29.1 Å². The van der Waals surface area contributed by atoms with E-state index in [1.807, 2.05) is 33.1 Å². The number of anilines is 1. The monoisotopic (exact) mass is 308 g/mol. The van der Waals surface area contributed by atoms with Crippen molar-refractivity contribution in [1.29, 1.82) is 0 Å². The zero-order chi connectivity index (χ0) is 15.4. The van der Waals surface area contributed by atoms with Crippen LogP contribution in [0, 0.1) is 13.8 Å². The summed E-state index contributed by atoms with van der Waals surface area (Å²) in [5.41, 5.74) is 2.90. The first-order valence-electron chi connectivity index (χ1n) is 6.93. The maximum absolute atomic E-state index is 11.9. The smallest absolute Gasteiger partial charge is 0.321 e. The Kier molecular flexibility index (Phi) is 4.95. The van der Waals surface area contributed by atoms with Crippen molar-refractivity contribution in [3.8, 4) is 0 Å². The van der Waals surface area contributed by atoms with Crippen LogP contribution in [0.2, 0.25) is 0 Å². The van der Waals surface area contributed by atoms with Crippen molar-refractivity contribution in [2.24, 2.45) is 0 Å². The van der Waals surface area contributed by atoms with Gasteiger partial charge in [-0.2, -0.15) is 0 Å². The van der Waals surface area contributed by atoms with Gasteiger partial charge < -0.3 is 9.84 Å². The second-order valence-electron chi connectivity index (χ2n) is 5.00. The van der Waals surface area contributed by atoms with Gasteiger partial charge in [0.15, 0.2) is 5.13 Å². The average molecular weight is 308 g/mol. The van der Waals surface area contributed by atoms with Crippen LogP contribution in [0.1, 0.15) is 36.6 Å². The predicted octanol–water partition coefficient (Wildman–Crippen LogP) is 3.06. The number of nitrogens with one attached hydrogen (secondary N) is 2. The molecule has 0 radical (unpaired) electrons. The Labute approximate surface area is 127 Å². The summed E-state index contributed by atoms with van der Waals surface area (Å²) in [6.07, 6.45) is 1.55. The Balaban J connectivity index is 1.87. The van der Waals surface area contributed by atoms with Crippen molar-refractivity contribution in [3.63, 3.8) is 0 Å². The fraction of sp³-hybridized carbons (Fsp3) is 0.500. The highest BCUT2D eigenvalue weighted by molar-refractivity contribution is 7.13. The molecule has 1 atom stereocenters. The molecule has 21 heavy (non-hydrogen) atoms. The standard InChI is InChI=1S/C14H20N4O2S/c1-5-11-7-21-14(16-11)17-13(19)15-8(2)6-12-9(3)18-20-10(12)4/h7-8H,5-6H2,1-4H3,(H2,15,16,17,19). The van der Waals surface area contributed by atoms with Crippen molar-refractivity contribution < 1.29 is 9.32 Å². The van der Waals surface area contributed by atoms with Gasteiger partial charge in [0.1, 0.15) is 5.76 Å². The minimum atomic E-state index is -0.244. The lowest BCUT2D eigenvalue weighted by Crippen LogP contribution is -2.37. The Morgan fingerprint density at radius 3 is 2.81 bits per heavy atom. The molecule has 0 bridgehead atoms. The van der Waals surface area contributed by atoms with Gasteiger partial charge in [0.05, 0.1) is 11.4 Å². The molecule has 2 heterocycles. The van der Waals surface area contributed by atoms with E-state index in [-0.39, 0.29) is 12.1 Å². The van der Waals surface area contributed by atoms with E-state index < -0.39 is 0 Å². The Hall–Kier alpha value is -1.89. The van der Waals surface area contributed by atoms with Gasteiger partial charge in [-0.3, -0.25) is 5.32 Å². The molecule has 0 spiro atoms. The fourth-order valence-corrected chi connectivity index (χ4v) is 2.82. The number of hydrogen-bond acceptors (Lipinski definition) is 5. The third-order valence-electron chi connectivity index (χ3n) is 3.20. The number of carbonyl (C=O) groups is 1. The SMILES string of the molecule is CCc1csc(NC(=O)NC(C)Cc2c(C)noc2C)n1. The number of nitrogens with zero attached hydrogens (tertiary/aromatic N) is 2. The first kappa shape index (κ1) is 15.5. The van der Waals surface area contributed by atoms with E-state index in [9.17, 15) is 4.79 Å². The molecule has 2 amide bonds. The summed E-state index contributed by atoms with van der Waals surface area (Å²) in [5.74, 6) is 0.800. The van der Waals surface area contributed by atoms with E-state index in [2.05, 4.69) is 20.8 Å². The van der Waals surface area contributed by atoms with Gasteiger partial charge in [-0.05, 0) is 33.6 Å².